The molecule has 0 amide bonds. The molecule has 0 spiro atoms. The van der Waals surface area contributed by atoms with Crippen molar-refractivity contribution in [2.75, 3.05) is 19.6 Å². The predicted octanol–water partition coefficient (Wildman–Crippen LogP) is 1.89. The SMILES string of the molecule is CCN1CCCC1Cn1c(C2CC2)nc2c1CCNC2. The summed E-state index contributed by atoms with van der Waals surface area (Å²) >= 11 is 0. The Balaban J connectivity index is 1.63. The Morgan fingerprint density at radius 1 is 1.30 bits per heavy atom. The number of rotatable bonds is 4. The summed E-state index contributed by atoms with van der Waals surface area (Å²) in [5.41, 5.74) is 2.87. The minimum atomic E-state index is 0.741. The van der Waals surface area contributed by atoms with Gasteiger partial charge in [-0.25, -0.2) is 4.98 Å². The molecule has 3 aliphatic rings. The standard InChI is InChI=1S/C16H26N4/c1-2-19-9-3-4-13(19)11-20-15-7-8-17-10-14(15)18-16(20)12-5-6-12/h12-13,17H,2-11H2,1H3. The molecule has 3 heterocycles. The Hall–Kier alpha value is -0.870. The van der Waals surface area contributed by atoms with Gasteiger partial charge in [-0.3, -0.25) is 4.90 Å². The summed E-state index contributed by atoms with van der Waals surface area (Å²) < 4.78 is 2.62. The maximum atomic E-state index is 4.99. The van der Waals surface area contributed by atoms with E-state index in [9.17, 15) is 0 Å². The van der Waals surface area contributed by atoms with Crippen LogP contribution in [0.2, 0.25) is 0 Å². The van der Waals surface area contributed by atoms with E-state index in [2.05, 4.69) is 21.7 Å². The molecule has 1 aromatic rings. The van der Waals surface area contributed by atoms with E-state index in [1.54, 1.807) is 0 Å². The summed E-state index contributed by atoms with van der Waals surface area (Å²) in [6.07, 6.45) is 6.60. The second-order valence-electron chi connectivity index (χ2n) is 6.60. The van der Waals surface area contributed by atoms with Crippen LogP contribution in [0, 0.1) is 0 Å². The molecule has 20 heavy (non-hydrogen) atoms. The normalized spacial score (nSPS) is 26.9. The quantitative estimate of drug-likeness (QED) is 0.910. The van der Waals surface area contributed by atoms with E-state index in [0.29, 0.717) is 0 Å². The number of nitrogens with one attached hydrogen (secondary N) is 1. The van der Waals surface area contributed by atoms with Gasteiger partial charge in [0, 0.05) is 43.7 Å². The van der Waals surface area contributed by atoms with Crippen LogP contribution in [0.3, 0.4) is 0 Å². The second kappa shape index (κ2) is 5.15. The highest BCUT2D eigenvalue weighted by Gasteiger charge is 2.33. The molecule has 1 aromatic heterocycles. The Bertz CT molecular complexity index is 489. The molecule has 1 aliphatic carbocycles. The largest absolute Gasteiger partial charge is 0.330 e. The van der Waals surface area contributed by atoms with Crippen molar-refractivity contribution in [1.29, 1.82) is 0 Å². The van der Waals surface area contributed by atoms with E-state index < -0.39 is 0 Å². The van der Waals surface area contributed by atoms with E-state index in [0.717, 1.165) is 31.5 Å². The Labute approximate surface area is 121 Å². The van der Waals surface area contributed by atoms with Gasteiger partial charge in [0.05, 0.1) is 5.69 Å². The maximum absolute atomic E-state index is 4.99. The van der Waals surface area contributed by atoms with Crippen LogP contribution in [-0.2, 0) is 19.5 Å². The number of nitrogens with zero attached hydrogens (tertiary/aromatic N) is 3. The van der Waals surface area contributed by atoms with Crippen molar-refractivity contribution in [2.45, 2.75) is 64.1 Å². The molecule has 110 valence electrons. The zero-order chi connectivity index (χ0) is 13.5. The fourth-order valence-corrected chi connectivity index (χ4v) is 3.98. The predicted molar refractivity (Wildman–Crippen MR) is 79.9 cm³/mol. The summed E-state index contributed by atoms with van der Waals surface area (Å²) in [5, 5.41) is 3.47. The molecule has 1 N–H and O–H groups in total. The van der Waals surface area contributed by atoms with Crippen molar-refractivity contribution >= 4 is 0 Å². The first-order chi connectivity index (χ1) is 9.86. The van der Waals surface area contributed by atoms with Gasteiger partial charge in [-0.2, -0.15) is 0 Å². The van der Waals surface area contributed by atoms with Gasteiger partial charge < -0.3 is 9.88 Å². The van der Waals surface area contributed by atoms with Crippen LogP contribution in [0.4, 0.5) is 0 Å². The highest BCUT2D eigenvalue weighted by Crippen LogP contribution is 2.41. The number of likely N-dealkylation sites (tertiary alicyclic amines) is 1. The summed E-state index contributed by atoms with van der Waals surface area (Å²) in [4.78, 5) is 7.64. The zero-order valence-corrected chi connectivity index (χ0v) is 12.6. The van der Waals surface area contributed by atoms with E-state index in [1.165, 1.54) is 62.5 Å². The van der Waals surface area contributed by atoms with Gasteiger partial charge in [-0.1, -0.05) is 6.92 Å². The van der Waals surface area contributed by atoms with Crippen LogP contribution in [0.25, 0.3) is 0 Å². The van der Waals surface area contributed by atoms with E-state index in [-0.39, 0.29) is 0 Å². The molecule has 2 fully saturated rings. The molecule has 4 rings (SSSR count). The third kappa shape index (κ3) is 2.19. The average Bonchev–Trinajstić information content (AvgIpc) is 3.12. The van der Waals surface area contributed by atoms with Gasteiger partial charge >= 0.3 is 0 Å². The Morgan fingerprint density at radius 2 is 2.20 bits per heavy atom. The van der Waals surface area contributed by atoms with E-state index in [1.807, 2.05) is 0 Å². The molecule has 2 aliphatic heterocycles. The lowest BCUT2D eigenvalue weighted by molar-refractivity contribution is 0.241. The monoisotopic (exact) mass is 274 g/mol. The number of fused-ring (bicyclic) bond motifs is 1. The van der Waals surface area contributed by atoms with Crippen molar-refractivity contribution in [3.8, 4) is 0 Å². The summed E-state index contributed by atoms with van der Waals surface area (Å²) in [7, 11) is 0. The Morgan fingerprint density at radius 3 is 3.00 bits per heavy atom. The number of likely N-dealkylation sites (N-methyl/N-ethyl adjacent to an activating group) is 1. The number of hydrogen-bond acceptors (Lipinski definition) is 3. The smallest absolute Gasteiger partial charge is 0.112 e. The number of imidazole rings is 1. The minimum absolute atomic E-state index is 0.741. The first-order valence-electron chi connectivity index (χ1n) is 8.39. The minimum Gasteiger partial charge on any atom is -0.330 e. The van der Waals surface area contributed by atoms with Gasteiger partial charge in [0.15, 0.2) is 0 Å². The summed E-state index contributed by atoms with van der Waals surface area (Å²) in [6, 6.07) is 0.741. The molecule has 4 heteroatoms. The lowest BCUT2D eigenvalue weighted by Gasteiger charge is -2.25. The van der Waals surface area contributed by atoms with Crippen LogP contribution in [0.5, 0.6) is 0 Å². The van der Waals surface area contributed by atoms with Crippen LogP contribution >= 0.6 is 0 Å². The average molecular weight is 274 g/mol. The molecule has 1 unspecified atom stereocenters. The lowest BCUT2D eigenvalue weighted by atomic mass is 10.1. The fraction of sp³-hybridized carbons (Fsp3) is 0.812. The molecule has 1 atom stereocenters. The summed E-state index contributed by atoms with van der Waals surface area (Å²) in [5.74, 6) is 2.17. The van der Waals surface area contributed by atoms with Crippen molar-refractivity contribution < 1.29 is 0 Å². The van der Waals surface area contributed by atoms with Crippen LogP contribution in [0.15, 0.2) is 0 Å². The first-order valence-corrected chi connectivity index (χ1v) is 8.39. The molecule has 0 aromatic carbocycles. The highest BCUT2D eigenvalue weighted by molar-refractivity contribution is 5.24. The highest BCUT2D eigenvalue weighted by atomic mass is 15.2. The molecular weight excluding hydrogens is 248 g/mol. The second-order valence-corrected chi connectivity index (χ2v) is 6.60. The van der Waals surface area contributed by atoms with Crippen molar-refractivity contribution in [3.63, 3.8) is 0 Å². The Kier molecular flexibility index (Phi) is 3.31. The van der Waals surface area contributed by atoms with Crippen molar-refractivity contribution in [1.82, 2.24) is 19.8 Å². The fourth-order valence-electron chi connectivity index (χ4n) is 3.98. The van der Waals surface area contributed by atoms with Crippen LogP contribution in [-0.4, -0.2) is 40.1 Å². The summed E-state index contributed by atoms with van der Waals surface area (Å²) in [6.45, 7) is 8.06. The number of hydrogen-bond donors (Lipinski definition) is 1. The molecule has 1 saturated heterocycles. The molecule has 1 saturated carbocycles. The van der Waals surface area contributed by atoms with Gasteiger partial charge in [0.25, 0.3) is 0 Å². The van der Waals surface area contributed by atoms with Gasteiger partial charge in [0.1, 0.15) is 5.82 Å². The lowest BCUT2D eigenvalue weighted by Crippen LogP contribution is -2.34. The molecule has 0 bridgehead atoms. The maximum Gasteiger partial charge on any atom is 0.112 e. The van der Waals surface area contributed by atoms with Gasteiger partial charge in [-0.05, 0) is 38.8 Å². The third-order valence-electron chi connectivity index (χ3n) is 5.26. The third-order valence-corrected chi connectivity index (χ3v) is 5.26. The van der Waals surface area contributed by atoms with Crippen molar-refractivity contribution in [3.05, 3.63) is 17.2 Å². The van der Waals surface area contributed by atoms with E-state index in [4.69, 9.17) is 4.98 Å². The zero-order valence-electron chi connectivity index (χ0n) is 12.6. The van der Waals surface area contributed by atoms with Crippen LogP contribution < -0.4 is 5.32 Å². The molecule has 4 nitrogen and oxygen atoms in total. The van der Waals surface area contributed by atoms with Gasteiger partial charge in [0.2, 0.25) is 0 Å². The van der Waals surface area contributed by atoms with Crippen molar-refractivity contribution in [2.24, 2.45) is 0 Å². The van der Waals surface area contributed by atoms with Crippen LogP contribution in [0.1, 0.15) is 55.7 Å². The van der Waals surface area contributed by atoms with Gasteiger partial charge in [-0.15, -0.1) is 0 Å². The first kappa shape index (κ1) is 12.8. The topological polar surface area (TPSA) is 33.1 Å². The van der Waals surface area contributed by atoms with E-state index >= 15 is 0 Å². The number of aromatic nitrogens is 2. The molecular formula is C16H26N4. The molecule has 0 radical (unpaired) electrons.